The number of rotatable bonds is 5. The van der Waals surface area contributed by atoms with Crippen molar-refractivity contribution in [3.8, 4) is 11.5 Å². The number of benzene rings is 2. The number of carbonyl (C=O) groups excluding carboxylic acids is 1. The number of ether oxygens (including phenoxy) is 3. The number of fused-ring (bicyclic) bond motifs is 1. The summed E-state index contributed by atoms with van der Waals surface area (Å²) in [6.45, 7) is -2.99. The molecule has 2 aromatic carbocycles. The van der Waals surface area contributed by atoms with Gasteiger partial charge in [0.05, 0.1) is 7.11 Å². The lowest BCUT2D eigenvalue weighted by Gasteiger charge is -2.10. The number of carbonyl (C=O) groups is 1. The Morgan fingerprint density at radius 2 is 1.93 bits per heavy atom. The maximum Gasteiger partial charge on any atom is 0.387 e. The van der Waals surface area contributed by atoms with Crippen molar-refractivity contribution in [2.45, 2.75) is 6.61 Å². The summed E-state index contributed by atoms with van der Waals surface area (Å²) in [7, 11) is 1.31. The van der Waals surface area contributed by atoms with Gasteiger partial charge in [-0.15, -0.1) is 0 Å². The quantitative estimate of drug-likeness (QED) is 0.481. The second-order valence-corrected chi connectivity index (χ2v) is 5.77. The molecule has 0 atom stereocenters. The lowest BCUT2D eigenvalue weighted by molar-refractivity contribution is -0.129. The molecule has 0 fully saturated rings. The van der Waals surface area contributed by atoms with Gasteiger partial charge in [-0.2, -0.15) is 8.78 Å². The van der Waals surface area contributed by atoms with E-state index in [1.165, 1.54) is 31.4 Å². The van der Waals surface area contributed by atoms with E-state index in [9.17, 15) is 13.6 Å². The number of esters is 1. The monoisotopic (exact) mass is 385 g/mol. The highest BCUT2D eigenvalue weighted by molar-refractivity contribution is 6.13. The van der Waals surface area contributed by atoms with E-state index in [0.717, 1.165) is 5.39 Å². The van der Waals surface area contributed by atoms with Crippen molar-refractivity contribution in [3.63, 3.8) is 0 Å². The van der Waals surface area contributed by atoms with Gasteiger partial charge in [0.1, 0.15) is 11.3 Å². The smallest absolute Gasteiger partial charge is 0.387 e. The van der Waals surface area contributed by atoms with E-state index in [4.69, 9.17) is 13.9 Å². The summed E-state index contributed by atoms with van der Waals surface area (Å²) < 4.78 is 45.1. The summed E-state index contributed by atoms with van der Waals surface area (Å²) in [6, 6.07) is 13.3. The number of furan rings is 1. The molecule has 0 saturated heterocycles. The second-order valence-electron chi connectivity index (χ2n) is 5.77. The number of halogens is 2. The first-order valence-electron chi connectivity index (χ1n) is 8.18. The highest BCUT2D eigenvalue weighted by Crippen LogP contribution is 2.31. The number of nitrogens with zero attached hydrogens (tertiary/aromatic N) is 1. The minimum atomic E-state index is -2.99. The van der Waals surface area contributed by atoms with Crippen LogP contribution in [0.3, 0.4) is 0 Å². The fourth-order valence-electron chi connectivity index (χ4n) is 2.73. The normalized spacial score (nSPS) is 15.2. The third kappa shape index (κ3) is 3.44. The van der Waals surface area contributed by atoms with Gasteiger partial charge in [0.2, 0.25) is 5.90 Å². The molecule has 0 bridgehead atoms. The van der Waals surface area contributed by atoms with Crippen molar-refractivity contribution in [1.82, 2.24) is 0 Å². The van der Waals surface area contributed by atoms with Crippen molar-refractivity contribution < 1.29 is 32.2 Å². The molecule has 8 heteroatoms. The maximum absolute atomic E-state index is 12.4. The van der Waals surface area contributed by atoms with Crippen LogP contribution in [-0.4, -0.2) is 25.6 Å². The van der Waals surface area contributed by atoms with Gasteiger partial charge in [-0.1, -0.05) is 18.2 Å². The van der Waals surface area contributed by atoms with Gasteiger partial charge >= 0.3 is 12.6 Å². The molecule has 0 radical (unpaired) electrons. The van der Waals surface area contributed by atoms with Crippen LogP contribution in [0.5, 0.6) is 11.5 Å². The van der Waals surface area contributed by atoms with Crippen LogP contribution < -0.4 is 9.47 Å². The van der Waals surface area contributed by atoms with Crippen LogP contribution in [0.25, 0.3) is 17.0 Å². The molecule has 4 rings (SSSR count). The average molecular weight is 385 g/mol. The van der Waals surface area contributed by atoms with Crippen molar-refractivity contribution in [1.29, 1.82) is 0 Å². The van der Waals surface area contributed by atoms with Gasteiger partial charge in [0.25, 0.3) is 0 Å². The van der Waals surface area contributed by atoms with Crippen LogP contribution in [0.15, 0.2) is 63.6 Å². The SMILES string of the molecule is COc1cc(C2=N/C(=C\c3cc4ccccc4o3)C(=O)O2)ccc1OC(F)F. The average Bonchev–Trinajstić information content (AvgIpc) is 3.25. The predicted octanol–water partition coefficient (Wildman–Crippen LogP) is 4.39. The molecule has 2 heterocycles. The number of hydrogen-bond acceptors (Lipinski definition) is 6. The molecule has 28 heavy (non-hydrogen) atoms. The molecule has 0 N–H and O–H groups in total. The zero-order valence-corrected chi connectivity index (χ0v) is 14.5. The van der Waals surface area contributed by atoms with Gasteiger partial charge in [0.15, 0.2) is 17.2 Å². The summed E-state index contributed by atoms with van der Waals surface area (Å²) in [5, 5.41) is 0.893. The molecule has 6 nitrogen and oxygen atoms in total. The highest BCUT2D eigenvalue weighted by atomic mass is 19.3. The van der Waals surface area contributed by atoms with E-state index in [-0.39, 0.29) is 23.1 Å². The minimum Gasteiger partial charge on any atom is -0.493 e. The first kappa shape index (κ1) is 17.7. The fraction of sp³-hybridized carbons (Fsp3) is 0.100. The maximum atomic E-state index is 12.4. The Balaban J connectivity index is 1.65. The fourth-order valence-corrected chi connectivity index (χ4v) is 2.73. The van der Waals surface area contributed by atoms with Crippen molar-refractivity contribution in [2.24, 2.45) is 4.99 Å². The van der Waals surface area contributed by atoms with E-state index < -0.39 is 12.6 Å². The molecule has 0 unspecified atom stereocenters. The van der Waals surface area contributed by atoms with Crippen molar-refractivity contribution in [3.05, 3.63) is 65.6 Å². The lowest BCUT2D eigenvalue weighted by atomic mass is 10.2. The number of para-hydroxylation sites is 1. The van der Waals surface area contributed by atoms with Crippen LogP contribution >= 0.6 is 0 Å². The molecule has 1 aliphatic heterocycles. The largest absolute Gasteiger partial charge is 0.493 e. The molecule has 1 aromatic heterocycles. The number of hydrogen-bond donors (Lipinski definition) is 0. The molecule has 0 aliphatic carbocycles. The summed E-state index contributed by atoms with van der Waals surface area (Å²) in [5.74, 6) is -0.247. The number of methoxy groups -OCH3 is 1. The Bertz CT molecular complexity index is 1080. The van der Waals surface area contributed by atoms with E-state index >= 15 is 0 Å². The molecular weight excluding hydrogens is 372 g/mol. The second kappa shape index (κ2) is 7.15. The summed E-state index contributed by atoms with van der Waals surface area (Å²) >= 11 is 0. The number of alkyl halides is 2. The van der Waals surface area contributed by atoms with Crippen LogP contribution in [0.2, 0.25) is 0 Å². The number of cyclic esters (lactones) is 1. The van der Waals surface area contributed by atoms with Gasteiger partial charge in [-0.25, -0.2) is 9.79 Å². The van der Waals surface area contributed by atoms with Gasteiger partial charge in [0, 0.05) is 17.0 Å². The molecule has 3 aromatic rings. The first-order valence-corrected chi connectivity index (χ1v) is 8.18. The van der Waals surface area contributed by atoms with E-state index in [2.05, 4.69) is 9.73 Å². The van der Waals surface area contributed by atoms with Crippen LogP contribution in [0, 0.1) is 0 Å². The lowest BCUT2D eigenvalue weighted by Crippen LogP contribution is -2.07. The summed E-state index contributed by atoms with van der Waals surface area (Å²) in [5.41, 5.74) is 1.12. The van der Waals surface area contributed by atoms with Crippen LogP contribution in [0.1, 0.15) is 11.3 Å². The third-order valence-corrected chi connectivity index (χ3v) is 3.97. The third-order valence-electron chi connectivity index (χ3n) is 3.97. The Labute approximate surface area is 157 Å². The zero-order valence-electron chi connectivity index (χ0n) is 14.5. The molecule has 0 saturated carbocycles. The summed E-state index contributed by atoms with van der Waals surface area (Å²) in [6.07, 6.45) is 1.47. The molecule has 0 amide bonds. The first-order chi connectivity index (χ1) is 13.5. The Hall–Kier alpha value is -3.68. The van der Waals surface area contributed by atoms with E-state index in [0.29, 0.717) is 16.9 Å². The van der Waals surface area contributed by atoms with Crippen molar-refractivity contribution >= 4 is 28.9 Å². The van der Waals surface area contributed by atoms with Crippen LogP contribution in [-0.2, 0) is 9.53 Å². The topological polar surface area (TPSA) is 70.3 Å². The molecular formula is C20H13F2NO5. The standard InChI is InChI=1S/C20H13F2NO5/c1-25-17-9-12(6-7-16(17)27-20(21)22)18-23-14(19(24)28-18)10-13-8-11-4-2-3-5-15(11)26-13/h2-10,20H,1H3/b14-10-. The Kier molecular flexibility index (Phi) is 4.52. The molecule has 0 spiro atoms. The van der Waals surface area contributed by atoms with Gasteiger partial charge in [-0.3, -0.25) is 0 Å². The summed E-state index contributed by atoms with van der Waals surface area (Å²) in [4.78, 5) is 16.3. The number of aliphatic imine (C=N–C) groups is 1. The molecule has 1 aliphatic rings. The van der Waals surface area contributed by atoms with E-state index in [1.807, 2.05) is 24.3 Å². The predicted molar refractivity (Wildman–Crippen MR) is 96.4 cm³/mol. The highest BCUT2D eigenvalue weighted by Gasteiger charge is 2.26. The van der Waals surface area contributed by atoms with Crippen LogP contribution in [0.4, 0.5) is 8.78 Å². The van der Waals surface area contributed by atoms with Crippen molar-refractivity contribution in [2.75, 3.05) is 7.11 Å². The molecule has 142 valence electrons. The van der Waals surface area contributed by atoms with E-state index in [1.54, 1.807) is 6.07 Å². The van der Waals surface area contributed by atoms with Gasteiger partial charge < -0.3 is 18.6 Å². The van der Waals surface area contributed by atoms with Gasteiger partial charge in [-0.05, 0) is 30.3 Å². The zero-order chi connectivity index (χ0) is 19.7. The minimum absolute atomic E-state index is 0.0225. The Morgan fingerprint density at radius 3 is 2.68 bits per heavy atom. The Morgan fingerprint density at radius 1 is 1.11 bits per heavy atom.